The van der Waals surface area contributed by atoms with Crippen molar-refractivity contribution in [3.05, 3.63) is 0 Å². The van der Waals surface area contributed by atoms with Crippen LogP contribution in [0, 0.1) is 5.41 Å². The largest absolute Gasteiger partial charge is 0.378 e. The molecule has 1 saturated heterocycles. The van der Waals surface area contributed by atoms with Crippen LogP contribution in [0.3, 0.4) is 0 Å². The number of nitrogens with zero attached hydrogens (tertiary/aromatic N) is 1. The minimum atomic E-state index is -0.231. The van der Waals surface area contributed by atoms with E-state index >= 15 is 0 Å². The molecular weight excluding hydrogens is 296 g/mol. The Morgan fingerprint density at radius 3 is 1.79 bits per heavy atom. The standard InChI is InChI=1S/C21H44N2O/c1-3-4-5-6-7-8-9-10-11-12-13-14-20(24)23-17-15-21(2,19-22)16-18-23/h20,24H,3-19,22H2,1-2H3. The van der Waals surface area contributed by atoms with Crippen molar-refractivity contribution in [3.8, 4) is 0 Å². The minimum absolute atomic E-state index is 0.231. The summed E-state index contributed by atoms with van der Waals surface area (Å²) in [6.45, 7) is 7.34. The van der Waals surface area contributed by atoms with Gasteiger partial charge in [0.2, 0.25) is 0 Å². The Kier molecular flexibility index (Phi) is 12.0. The summed E-state index contributed by atoms with van der Waals surface area (Å²) < 4.78 is 0. The summed E-state index contributed by atoms with van der Waals surface area (Å²) in [5.41, 5.74) is 6.15. The highest BCUT2D eigenvalue weighted by atomic mass is 16.3. The van der Waals surface area contributed by atoms with Crippen molar-refractivity contribution in [2.45, 2.75) is 110 Å². The van der Waals surface area contributed by atoms with Crippen LogP contribution in [0.25, 0.3) is 0 Å². The summed E-state index contributed by atoms with van der Waals surface area (Å²) in [5, 5.41) is 10.4. The molecule has 1 rings (SSSR count). The summed E-state index contributed by atoms with van der Waals surface area (Å²) in [5.74, 6) is 0. The number of piperidine rings is 1. The number of hydrogen-bond donors (Lipinski definition) is 2. The maximum Gasteiger partial charge on any atom is 0.107 e. The van der Waals surface area contributed by atoms with E-state index in [0.717, 1.165) is 38.9 Å². The lowest BCUT2D eigenvalue weighted by molar-refractivity contribution is -0.0355. The molecule has 0 aromatic rings. The quantitative estimate of drug-likeness (QED) is 0.434. The van der Waals surface area contributed by atoms with Gasteiger partial charge < -0.3 is 10.8 Å². The highest BCUT2D eigenvalue weighted by Crippen LogP contribution is 2.30. The lowest BCUT2D eigenvalue weighted by atomic mass is 9.80. The van der Waals surface area contributed by atoms with Crippen molar-refractivity contribution < 1.29 is 5.11 Å². The molecule has 0 saturated carbocycles. The molecule has 0 amide bonds. The van der Waals surface area contributed by atoms with Gasteiger partial charge in [0, 0.05) is 13.1 Å². The van der Waals surface area contributed by atoms with Crippen LogP contribution >= 0.6 is 0 Å². The van der Waals surface area contributed by atoms with Crippen molar-refractivity contribution >= 4 is 0 Å². The first-order valence-corrected chi connectivity index (χ1v) is 10.7. The first-order valence-electron chi connectivity index (χ1n) is 10.7. The SMILES string of the molecule is CCCCCCCCCCCCCC(O)N1CCC(C)(CN)CC1. The normalized spacial score (nSPS) is 19.5. The first kappa shape index (κ1) is 21.9. The minimum Gasteiger partial charge on any atom is -0.378 e. The van der Waals surface area contributed by atoms with Crippen LogP contribution in [0.2, 0.25) is 0 Å². The van der Waals surface area contributed by atoms with E-state index in [-0.39, 0.29) is 6.23 Å². The topological polar surface area (TPSA) is 49.5 Å². The summed E-state index contributed by atoms with van der Waals surface area (Å²) in [7, 11) is 0. The molecule has 1 fully saturated rings. The second kappa shape index (κ2) is 13.1. The highest BCUT2D eigenvalue weighted by molar-refractivity contribution is 4.83. The molecule has 0 radical (unpaired) electrons. The third kappa shape index (κ3) is 9.39. The van der Waals surface area contributed by atoms with E-state index in [2.05, 4.69) is 18.7 Å². The molecule has 0 aromatic heterocycles. The number of hydrogen-bond acceptors (Lipinski definition) is 3. The number of likely N-dealkylation sites (tertiary alicyclic amines) is 1. The molecule has 1 heterocycles. The summed E-state index contributed by atoms with van der Waals surface area (Å²) in [6.07, 6.45) is 18.0. The van der Waals surface area contributed by atoms with Crippen LogP contribution in [0.15, 0.2) is 0 Å². The molecule has 0 spiro atoms. The van der Waals surface area contributed by atoms with Gasteiger partial charge in [-0.2, -0.15) is 0 Å². The van der Waals surface area contributed by atoms with Crippen LogP contribution in [0.1, 0.15) is 104 Å². The van der Waals surface area contributed by atoms with E-state index in [9.17, 15) is 5.11 Å². The molecule has 3 nitrogen and oxygen atoms in total. The summed E-state index contributed by atoms with van der Waals surface area (Å²) in [4.78, 5) is 2.26. The van der Waals surface area contributed by atoms with Crippen LogP contribution in [-0.2, 0) is 0 Å². The van der Waals surface area contributed by atoms with Crippen LogP contribution in [0.5, 0.6) is 0 Å². The van der Waals surface area contributed by atoms with Gasteiger partial charge in [0.05, 0.1) is 0 Å². The molecule has 0 aliphatic carbocycles. The number of unbranched alkanes of at least 4 members (excludes halogenated alkanes) is 10. The predicted molar refractivity (Wildman–Crippen MR) is 105 cm³/mol. The van der Waals surface area contributed by atoms with Crippen molar-refractivity contribution in [1.82, 2.24) is 4.90 Å². The van der Waals surface area contributed by atoms with Crippen LogP contribution in [0.4, 0.5) is 0 Å². The molecule has 1 aliphatic rings. The van der Waals surface area contributed by atoms with Crippen LogP contribution < -0.4 is 5.73 Å². The summed E-state index contributed by atoms with van der Waals surface area (Å²) >= 11 is 0. The molecule has 0 aromatic carbocycles. The predicted octanol–water partition coefficient (Wildman–Crippen LogP) is 5.07. The number of aliphatic hydroxyl groups excluding tert-OH is 1. The van der Waals surface area contributed by atoms with Gasteiger partial charge in [-0.15, -0.1) is 0 Å². The highest BCUT2D eigenvalue weighted by Gasteiger charge is 2.30. The van der Waals surface area contributed by atoms with Crippen molar-refractivity contribution in [3.63, 3.8) is 0 Å². The lowest BCUT2D eigenvalue weighted by Crippen LogP contribution is -2.46. The van der Waals surface area contributed by atoms with Gasteiger partial charge in [0.25, 0.3) is 0 Å². The smallest absolute Gasteiger partial charge is 0.107 e. The van der Waals surface area contributed by atoms with E-state index < -0.39 is 0 Å². The molecule has 0 bridgehead atoms. The van der Waals surface area contributed by atoms with E-state index in [1.807, 2.05) is 0 Å². The monoisotopic (exact) mass is 340 g/mol. The van der Waals surface area contributed by atoms with Gasteiger partial charge in [0.1, 0.15) is 6.23 Å². The lowest BCUT2D eigenvalue weighted by Gasteiger charge is -2.40. The van der Waals surface area contributed by atoms with E-state index in [1.54, 1.807) is 0 Å². The number of rotatable bonds is 14. The fourth-order valence-corrected chi connectivity index (χ4v) is 3.74. The Balaban J connectivity index is 1.91. The maximum atomic E-state index is 10.4. The number of nitrogens with two attached hydrogens (primary N) is 1. The third-order valence-electron chi connectivity index (χ3n) is 5.99. The van der Waals surface area contributed by atoms with Gasteiger partial charge in [-0.3, -0.25) is 4.90 Å². The van der Waals surface area contributed by atoms with Gasteiger partial charge in [0.15, 0.2) is 0 Å². The zero-order chi connectivity index (χ0) is 17.7. The maximum absolute atomic E-state index is 10.4. The van der Waals surface area contributed by atoms with Gasteiger partial charge >= 0.3 is 0 Å². The van der Waals surface area contributed by atoms with E-state index in [0.29, 0.717) is 5.41 Å². The van der Waals surface area contributed by atoms with E-state index in [4.69, 9.17) is 5.73 Å². The van der Waals surface area contributed by atoms with E-state index in [1.165, 1.54) is 70.6 Å². The molecule has 3 N–H and O–H groups in total. The second-order valence-electron chi connectivity index (χ2n) is 8.36. The Bertz CT molecular complexity index is 288. The zero-order valence-electron chi connectivity index (χ0n) is 16.6. The third-order valence-corrected chi connectivity index (χ3v) is 5.99. The molecule has 1 atom stereocenters. The molecule has 1 unspecified atom stereocenters. The first-order chi connectivity index (χ1) is 11.6. The molecule has 144 valence electrons. The van der Waals surface area contributed by atoms with Gasteiger partial charge in [-0.25, -0.2) is 0 Å². The Hall–Kier alpha value is -0.120. The number of aliphatic hydroxyl groups is 1. The Morgan fingerprint density at radius 2 is 1.33 bits per heavy atom. The Morgan fingerprint density at radius 1 is 0.875 bits per heavy atom. The molecular formula is C21H44N2O. The van der Waals surface area contributed by atoms with Gasteiger partial charge in [-0.1, -0.05) is 78.1 Å². The second-order valence-corrected chi connectivity index (χ2v) is 8.36. The zero-order valence-corrected chi connectivity index (χ0v) is 16.6. The van der Waals surface area contributed by atoms with Crippen LogP contribution in [-0.4, -0.2) is 35.9 Å². The fourth-order valence-electron chi connectivity index (χ4n) is 3.74. The average Bonchev–Trinajstić information content (AvgIpc) is 2.60. The Labute approximate surface area is 151 Å². The van der Waals surface area contributed by atoms with Crippen molar-refractivity contribution in [2.24, 2.45) is 11.1 Å². The van der Waals surface area contributed by atoms with Crippen molar-refractivity contribution in [1.29, 1.82) is 0 Å². The molecule has 1 aliphatic heterocycles. The molecule has 3 heteroatoms. The summed E-state index contributed by atoms with van der Waals surface area (Å²) in [6, 6.07) is 0. The van der Waals surface area contributed by atoms with Crippen molar-refractivity contribution in [2.75, 3.05) is 19.6 Å². The average molecular weight is 341 g/mol. The van der Waals surface area contributed by atoms with Gasteiger partial charge in [-0.05, 0) is 37.6 Å². The fraction of sp³-hybridized carbons (Fsp3) is 1.00. The molecule has 24 heavy (non-hydrogen) atoms.